The highest BCUT2D eigenvalue weighted by molar-refractivity contribution is 5.91. The van der Waals surface area contributed by atoms with Crippen molar-refractivity contribution >= 4 is 30.4 Å². The normalized spacial score (nSPS) is 21.8. The molecule has 2 aromatic heterocycles. The summed E-state index contributed by atoms with van der Waals surface area (Å²) in [6.07, 6.45) is 53.7. The van der Waals surface area contributed by atoms with Crippen molar-refractivity contribution in [3.8, 4) is 0 Å². The summed E-state index contributed by atoms with van der Waals surface area (Å²) in [5.74, 6) is 2.43. The van der Waals surface area contributed by atoms with Crippen molar-refractivity contribution in [3.63, 3.8) is 0 Å². The molecular formula is C63H116N16O3. The van der Waals surface area contributed by atoms with Gasteiger partial charge < -0.3 is 58.2 Å². The molecule has 6 fully saturated rings. The fourth-order valence-electron chi connectivity index (χ4n) is 12.5. The van der Waals surface area contributed by atoms with E-state index in [2.05, 4.69) is 79.9 Å². The lowest BCUT2D eigenvalue weighted by molar-refractivity contribution is 0.0529. The van der Waals surface area contributed by atoms with Crippen molar-refractivity contribution in [2.75, 3.05) is 45.4 Å². The number of nitrogens with two attached hydrogens (primary N) is 3. The lowest BCUT2D eigenvalue weighted by Crippen LogP contribution is -2.40. The van der Waals surface area contributed by atoms with E-state index in [1.807, 2.05) is 37.6 Å². The monoisotopic (exact) mass is 1140 g/mol. The average Bonchev–Trinajstić information content (AvgIpc) is 4.46. The van der Waals surface area contributed by atoms with Crippen LogP contribution in [0, 0.1) is 22.2 Å². The molecule has 19 heteroatoms. The summed E-state index contributed by atoms with van der Waals surface area (Å²) in [7, 11) is 1.62. The van der Waals surface area contributed by atoms with Gasteiger partial charge in [0.2, 0.25) is 17.8 Å². The highest BCUT2D eigenvalue weighted by Crippen LogP contribution is 2.49. The van der Waals surface area contributed by atoms with Crippen molar-refractivity contribution in [3.05, 3.63) is 61.8 Å². The molecule has 19 nitrogen and oxygen atoms in total. The van der Waals surface area contributed by atoms with Gasteiger partial charge in [0.1, 0.15) is 11.9 Å². The molecule has 0 atom stereocenters. The first-order valence-electron chi connectivity index (χ1n) is 31.1. The quantitative estimate of drug-likeness (QED) is 0.0479. The van der Waals surface area contributed by atoms with Crippen LogP contribution in [-0.2, 0) is 16.0 Å². The van der Waals surface area contributed by atoms with Crippen LogP contribution in [0.3, 0.4) is 0 Å². The van der Waals surface area contributed by atoms with Crippen LogP contribution in [0.15, 0.2) is 71.1 Å². The molecule has 0 unspecified atom stereocenters. The maximum absolute atomic E-state index is 10.6. The Kier molecular flexibility index (Phi) is 35.1. The molecule has 3 spiro atoms. The lowest BCUT2D eigenvalue weighted by Gasteiger charge is -2.43. The molecule has 10 rings (SSSR count). The van der Waals surface area contributed by atoms with Crippen LogP contribution < -0.4 is 43.8 Å². The van der Waals surface area contributed by atoms with Gasteiger partial charge in [-0.3, -0.25) is 0 Å². The van der Waals surface area contributed by atoms with Crippen molar-refractivity contribution in [2.24, 2.45) is 54.3 Å². The number of aromatic amines is 2. The largest absolute Gasteiger partial charge is 0.481 e. The zero-order chi connectivity index (χ0) is 58.5. The smallest absolute Gasteiger partial charge is 0.408 e. The number of aromatic nitrogens is 5. The van der Waals surface area contributed by atoms with Crippen LogP contribution in [-0.4, -0.2) is 113 Å². The third-order valence-corrected chi connectivity index (χ3v) is 17.4. The molecular weight excluding hydrogens is 1030 g/mol. The van der Waals surface area contributed by atoms with Crippen molar-refractivity contribution < 1.29 is 14.3 Å². The molecule has 8 aliphatic rings. The number of amides is 1. The highest BCUT2D eigenvalue weighted by atomic mass is 16.6. The summed E-state index contributed by atoms with van der Waals surface area (Å²) in [4.78, 5) is 33.1. The third-order valence-electron chi connectivity index (χ3n) is 17.4. The minimum Gasteiger partial charge on any atom is -0.481 e. The minimum absolute atomic E-state index is 0. The van der Waals surface area contributed by atoms with E-state index in [-0.39, 0.29) is 14.1 Å². The highest BCUT2D eigenvalue weighted by Gasteiger charge is 2.38. The Labute approximate surface area is 495 Å². The van der Waals surface area contributed by atoms with Crippen LogP contribution in [0.2, 0.25) is 0 Å². The van der Waals surface area contributed by atoms with Gasteiger partial charge in [-0.15, -0.1) is 13.2 Å². The summed E-state index contributed by atoms with van der Waals surface area (Å²) < 4.78 is 9.62. The Bertz CT molecular complexity index is 2040. The number of H-pyrrole nitrogens is 2. The van der Waals surface area contributed by atoms with Gasteiger partial charge in [0.15, 0.2) is 0 Å². The third kappa shape index (κ3) is 29.5. The van der Waals surface area contributed by atoms with Gasteiger partial charge >= 0.3 is 6.09 Å². The summed E-state index contributed by atoms with van der Waals surface area (Å²) >= 11 is 0. The number of alkyl carbamates (subject to hydrolysis) is 1. The molecule has 13 N–H and O–H groups in total. The number of carbonyl (C=O) groups is 1. The number of nitrogens with zero attached hydrogens (tertiary/aromatic N) is 6. The van der Waals surface area contributed by atoms with Crippen LogP contribution in [0.4, 0.5) is 10.7 Å². The lowest BCUT2D eigenvalue weighted by atomic mass is 9.64. The summed E-state index contributed by atoms with van der Waals surface area (Å²) in [5.41, 5.74) is 18.6. The number of guanidine groups is 1. The second-order valence-electron chi connectivity index (χ2n) is 24.6. The molecule has 1 amide bonds. The average molecular weight is 1150 g/mol. The van der Waals surface area contributed by atoms with E-state index in [1.165, 1.54) is 173 Å². The number of methoxy groups -OCH3 is 1. The molecule has 2 aromatic rings. The Morgan fingerprint density at radius 1 is 0.756 bits per heavy atom. The Morgan fingerprint density at radius 3 is 1.65 bits per heavy atom. The van der Waals surface area contributed by atoms with E-state index in [0.29, 0.717) is 42.6 Å². The molecule has 466 valence electrons. The zero-order valence-electron chi connectivity index (χ0n) is 51.0. The van der Waals surface area contributed by atoms with Crippen LogP contribution in [0.1, 0.15) is 221 Å². The number of imidazole rings is 1. The fourth-order valence-corrected chi connectivity index (χ4v) is 12.5. The minimum atomic E-state index is -0.477. The number of ether oxygens (including phenoxy) is 2. The topological polar surface area (TPSA) is 281 Å². The van der Waals surface area contributed by atoms with Crippen molar-refractivity contribution in [2.45, 2.75) is 245 Å². The Balaban J connectivity index is 0.000000263. The Morgan fingerprint density at radius 2 is 1.29 bits per heavy atom. The summed E-state index contributed by atoms with van der Waals surface area (Å²) in [5, 5.41) is 23.1. The Hall–Kier alpha value is -4.95. The summed E-state index contributed by atoms with van der Waals surface area (Å²) in [6.45, 7) is 18.9. The van der Waals surface area contributed by atoms with Crippen molar-refractivity contribution in [1.82, 2.24) is 46.4 Å². The van der Waals surface area contributed by atoms with E-state index >= 15 is 0 Å². The second kappa shape index (κ2) is 40.3. The molecule has 0 radical (unpaired) electrons. The molecule has 82 heavy (non-hydrogen) atoms. The number of allylic oxidation sites excluding steroid dienone is 3. The first kappa shape index (κ1) is 71.3. The second-order valence-corrected chi connectivity index (χ2v) is 24.6. The maximum atomic E-state index is 10.6. The molecule has 0 saturated heterocycles. The van der Waals surface area contributed by atoms with E-state index in [4.69, 9.17) is 26.7 Å². The molecule has 6 saturated carbocycles. The van der Waals surface area contributed by atoms with Crippen LogP contribution >= 0.6 is 0 Å². The first-order valence-corrected chi connectivity index (χ1v) is 31.1. The van der Waals surface area contributed by atoms with Gasteiger partial charge in [-0.05, 0) is 165 Å². The molecule has 6 aliphatic carbocycles. The van der Waals surface area contributed by atoms with E-state index < -0.39 is 11.7 Å². The summed E-state index contributed by atoms with van der Waals surface area (Å²) in [6, 6.07) is 2.06. The molecule has 0 bridgehead atoms. The predicted molar refractivity (Wildman–Crippen MR) is 342 cm³/mol. The number of rotatable bonds is 14. The van der Waals surface area contributed by atoms with Crippen molar-refractivity contribution in [1.29, 1.82) is 0 Å². The van der Waals surface area contributed by atoms with E-state index in [0.717, 1.165) is 60.5 Å². The molecule has 0 aromatic carbocycles. The fraction of sp³-hybridized carbons (Fsp3) is 0.762. The van der Waals surface area contributed by atoms with Gasteiger partial charge in [0.05, 0.1) is 26.7 Å². The number of hydrogen-bond acceptors (Lipinski definition) is 16. The zero-order valence-corrected chi connectivity index (χ0v) is 51.0. The van der Waals surface area contributed by atoms with Crippen LogP contribution in [0.5, 0.6) is 0 Å². The van der Waals surface area contributed by atoms with Gasteiger partial charge in [-0.2, -0.15) is 5.10 Å². The number of nitrogens with one attached hydrogen (secondary N) is 7. The van der Waals surface area contributed by atoms with Gasteiger partial charge in [0, 0.05) is 75.2 Å². The first-order chi connectivity index (χ1) is 39.2. The van der Waals surface area contributed by atoms with E-state index in [1.54, 1.807) is 46.8 Å². The van der Waals surface area contributed by atoms with Gasteiger partial charge in [-0.1, -0.05) is 84.3 Å². The number of anilines is 1. The van der Waals surface area contributed by atoms with E-state index in [9.17, 15) is 4.79 Å². The molecule has 2 aliphatic heterocycles. The standard InChI is InChI=1S/C17H30N4.C13H22N4.C12H24N2.C6H14N2O2.C6H10.C5H7NO.C3H5N3.CH4/c1-2-6-17(7-3-1)8-4-15(5-9-17)20-11-10-18-12-16-13-19-14-21-16;1-2-6-13(7-3-1)8-4-11(5-9-13)16-12-14-10-15-17-12;13-10-14-11-4-8-12(9-5-11)6-2-1-3-7-12;1-6(2,3)10-5(9)8-4-7;1-4-6(3)5-2;1-7-5-3-2-4-6-5;4-3-5-1-2-6-3;/h13-15,18,20H,1-12H2,(H,19,21);10-11H,1-9H2,(H2,14,15,16,17);11,14H,1-10,13H2;4,7H2,1-3H3,(H,8,9);4-6H,1-2H2,3H3;3-4H,2H2,1H3;1H,2H2,(H2,4,6);1H4. The number of hydrogen-bond donors (Lipinski definition) is 10. The van der Waals surface area contributed by atoms with Gasteiger partial charge in [-0.25, -0.2) is 34.8 Å². The predicted octanol–water partition coefficient (Wildman–Crippen LogP) is 11.9. The van der Waals surface area contributed by atoms with Gasteiger partial charge in [0.25, 0.3) is 0 Å². The number of carbonyl (C=O) groups excluding carboxylic acids is 1. The maximum Gasteiger partial charge on any atom is 0.408 e. The van der Waals surface area contributed by atoms with Crippen LogP contribution in [0.25, 0.3) is 0 Å². The number of aliphatic imine (C=N–C) groups is 3. The SMILES string of the molecule is C.C=CC(C)C=C.CC(C)(C)OC(=O)NCN.COC1=CCC=N1.NC1=NCC=N1.NCNC1CCC2(CCCCC2)CC1.c1n[nH]c(NC2CCC3(CCCCC3)CC2)n1.c1ncc(CNCCNC2CCC3(CCCCC3)CC2)[nH]1. The molecule has 4 heterocycles.